The first-order valence-corrected chi connectivity index (χ1v) is 11.2. The molecule has 0 N–H and O–H groups in total. The number of hydrogen-bond acceptors (Lipinski definition) is 5. The van der Waals surface area contributed by atoms with E-state index in [1.54, 1.807) is 6.08 Å². The average molecular weight is 462 g/mol. The normalized spacial score (nSPS) is 14.2. The molecule has 4 rings (SSSR count). The maximum atomic E-state index is 12.3. The van der Waals surface area contributed by atoms with Gasteiger partial charge in [-0.05, 0) is 72.2 Å². The molecule has 0 saturated heterocycles. The van der Waals surface area contributed by atoms with Crippen molar-refractivity contribution in [1.29, 1.82) is 0 Å². The van der Waals surface area contributed by atoms with E-state index in [4.69, 9.17) is 25.8 Å². The standard InChI is InChI=1S/C27H24ClNO4/c1-2-3-16-31-23-14-8-21(9-15-23)26-29-25(27(30)33-26)17-19-6-12-24(13-7-19)32-18-20-4-10-22(28)11-5-20/h4-15,17H,2-3,16,18H2,1H3/b25-17-. The van der Waals surface area contributed by atoms with Gasteiger partial charge in [-0.2, -0.15) is 0 Å². The molecule has 0 spiro atoms. The molecular weight excluding hydrogens is 438 g/mol. The zero-order valence-electron chi connectivity index (χ0n) is 18.3. The van der Waals surface area contributed by atoms with Crippen LogP contribution in [0.15, 0.2) is 83.5 Å². The van der Waals surface area contributed by atoms with Crippen LogP contribution in [-0.4, -0.2) is 18.5 Å². The third-order valence-electron chi connectivity index (χ3n) is 4.99. The lowest BCUT2D eigenvalue weighted by atomic mass is 10.2. The monoisotopic (exact) mass is 461 g/mol. The van der Waals surface area contributed by atoms with E-state index in [-0.39, 0.29) is 11.6 Å². The largest absolute Gasteiger partial charge is 0.494 e. The number of cyclic esters (lactones) is 1. The van der Waals surface area contributed by atoms with Gasteiger partial charge in [0.2, 0.25) is 5.90 Å². The SMILES string of the molecule is CCCCOc1ccc(C2=N/C(=C\c3ccc(OCc4ccc(Cl)cc4)cc3)C(=O)O2)cc1. The van der Waals surface area contributed by atoms with Gasteiger partial charge in [-0.25, -0.2) is 9.79 Å². The van der Waals surface area contributed by atoms with E-state index in [9.17, 15) is 4.79 Å². The summed E-state index contributed by atoms with van der Waals surface area (Å²) in [5.74, 6) is 1.32. The van der Waals surface area contributed by atoms with Gasteiger partial charge in [0, 0.05) is 10.6 Å². The van der Waals surface area contributed by atoms with Crippen LogP contribution in [0.25, 0.3) is 6.08 Å². The molecule has 3 aromatic carbocycles. The fourth-order valence-electron chi connectivity index (χ4n) is 3.13. The highest BCUT2D eigenvalue weighted by Gasteiger charge is 2.24. The van der Waals surface area contributed by atoms with Crippen LogP contribution in [0.2, 0.25) is 5.02 Å². The summed E-state index contributed by atoms with van der Waals surface area (Å²) in [4.78, 5) is 16.7. The number of aliphatic imine (C=N–C) groups is 1. The Morgan fingerprint density at radius 3 is 2.27 bits per heavy atom. The van der Waals surface area contributed by atoms with Crippen molar-refractivity contribution in [3.63, 3.8) is 0 Å². The fourth-order valence-corrected chi connectivity index (χ4v) is 3.25. The molecule has 0 aromatic heterocycles. The number of nitrogens with zero attached hydrogens (tertiary/aromatic N) is 1. The molecule has 0 amide bonds. The highest BCUT2D eigenvalue weighted by Crippen LogP contribution is 2.22. The van der Waals surface area contributed by atoms with Crippen molar-refractivity contribution in [2.45, 2.75) is 26.4 Å². The number of benzene rings is 3. The van der Waals surface area contributed by atoms with Gasteiger partial charge in [-0.15, -0.1) is 0 Å². The second kappa shape index (κ2) is 10.8. The molecule has 3 aromatic rings. The van der Waals surface area contributed by atoms with E-state index in [0.29, 0.717) is 18.2 Å². The van der Waals surface area contributed by atoms with Crippen molar-refractivity contribution in [3.8, 4) is 11.5 Å². The Morgan fingerprint density at radius 1 is 0.909 bits per heavy atom. The molecule has 33 heavy (non-hydrogen) atoms. The molecule has 168 valence electrons. The molecule has 0 atom stereocenters. The Hall–Kier alpha value is -3.57. The molecule has 0 fully saturated rings. The topological polar surface area (TPSA) is 57.1 Å². The molecule has 5 nitrogen and oxygen atoms in total. The summed E-state index contributed by atoms with van der Waals surface area (Å²) in [5, 5.41) is 0.695. The van der Waals surface area contributed by atoms with E-state index in [1.807, 2.05) is 72.8 Å². The number of carbonyl (C=O) groups is 1. The van der Waals surface area contributed by atoms with Crippen molar-refractivity contribution in [1.82, 2.24) is 0 Å². The van der Waals surface area contributed by atoms with E-state index in [2.05, 4.69) is 11.9 Å². The van der Waals surface area contributed by atoms with Crippen LogP contribution in [0.3, 0.4) is 0 Å². The first kappa shape index (κ1) is 22.6. The second-order valence-electron chi connectivity index (χ2n) is 7.55. The van der Waals surface area contributed by atoms with Crippen molar-refractivity contribution in [2.75, 3.05) is 6.61 Å². The summed E-state index contributed by atoms with van der Waals surface area (Å²) in [6, 6.07) is 22.3. The number of ether oxygens (including phenoxy) is 3. The van der Waals surface area contributed by atoms with Gasteiger partial charge in [0.05, 0.1) is 6.61 Å². The highest BCUT2D eigenvalue weighted by atomic mass is 35.5. The van der Waals surface area contributed by atoms with Crippen molar-refractivity contribution >= 4 is 29.5 Å². The molecular formula is C27H24ClNO4. The predicted molar refractivity (Wildman–Crippen MR) is 130 cm³/mol. The summed E-state index contributed by atoms with van der Waals surface area (Å²) < 4.78 is 16.8. The first-order chi connectivity index (χ1) is 16.1. The number of unbranched alkanes of at least 4 members (excludes halogenated alkanes) is 1. The smallest absolute Gasteiger partial charge is 0.363 e. The first-order valence-electron chi connectivity index (χ1n) is 10.8. The van der Waals surface area contributed by atoms with E-state index < -0.39 is 5.97 Å². The van der Waals surface area contributed by atoms with Crippen molar-refractivity contribution < 1.29 is 19.0 Å². The van der Waals surface area contributed by atoms with Gasteiger partial charge < -0.3 is 14.2 Å². The summed E-state index contributed by atoms with van der Waals surface area (Å²) >= 11 is 5.90. The van der Waals surface area contributed by atoms with Crippen LogP contribution >= 0.6 is 11.6 Å². The summed E-state index contributed by atoms with van der Waals surface area (Å²) in [6.45, 7) is 3.25. The van der Waals surface area contributed by atoms with Crippen LogP contribution in [0.1, 0.15) is 36.5 Å². The van der Waals surface area contributed by atoms with Gasteiger partial charge in [0.1, 0.15) is 18.1 Å². The van der Waals surface area contributed by atoms with Crippen LogP contribution in [0.5, 0.6) is 11.5 Å². The average Bonchev–Trinajstić information content (AvgIpc) is 3.20. The van der Waals surface area contributed by atoms with Crippen LogP contribution in [0, 0.1) is 0 Å². The molecule has 0 aliphatic carbocycles. The Bertz CT molecular complexity index is 1150. The van der Waals surface area contributed by atoms with Crippen molar-refractivity contribution in [3.05, 3.63) is 100 Å². The quantitative estimate of drug-likeness (QED) is 0.209. The summed E-state index contributed by atoms with van der Waals surface area (Å²) in [6.07, 6.45) is 3.79. The van der Waals surface area contributed by atoms with E-state index in [1.165, 1.54) is 0 Å². The lowest BCUT2D eigenvalue weighted by Crippen LogP contribution is -2.05. The minimum Gasteiger partial charge on any atom is -0.494 e. The lowest BCUT2D eigenvalue weighted by Gasteiger charge is -2.06. The maximum Gasteiger partial charge on any atom is 0.363 e. The zero-order valence-corrected chi connectivity index (χ0v) is 19.0. The molecule has 1 heterocycles. The van der Waals surface area contributed by atoms with Gasteiger partial charge in [-0.1, -0.05) is 49.2 Å². The fraction of sp³-hybridized carbons (Fsp3) is 0.185. The molecule has 6 heteroatoms. The van der Waals surface area contributed by atoms with Gasteiger partial charge in [0.25, 0.3) is 0 Å². The second-order valence-corrected chi connectivity index (χ2v) is 7.98. The van der Waals surface area contributed by atoms with Crippen LogP contribution in [-0.2, 0) is 16.1 Å². The Morgan fingerprint density at radius 2 is 1.58 bits per heavy atom. The van der Waals surface area contributed by atoms with E-state index >= 15 is 0 Å². The minimum atomic E-state index is -0.476. The molecule has 0 bridgehead atoms. The highest BCUT2D eigenvalue weighted by molar-refractivity contribution is 6.30. The summed E-state index contributed by atoms with van der Waals surface area (Å²) in [5.41, 5.74) is 2.83. The van der Waals surface area contributed by atoms with Gasteiger partial charge in [0.15, 0.2) is 5.70 Å². The molecule has 0 radical (unpaired) electrons. The number of rotatable bonds is 9. The van der Waals surface area contributed by atoms with Crippen molar-refractivity contribution in [2.24, 2.45) is 4.99 Å². The van der Waals surface area contributed by atoms with Crippen LogP contribution < -0.4 is 9.47 Å². The molecule has 1 aliphatic heterocycles. The number of halogens is 1. The summed E-state index contributed by atoms with van der Waals surface area (Å²) in [7, 11) is 0. The third-order valence-corrected chi connectivity index (χ3v) is 5.24. The number of carbonyl (C=O) groups excluding carboxylic acids is 1. The number of hydrogen-bond donors (Lipinski definition) is 0. The van der Waals surface area contributed by atoms with Gasteiger partial charge in [-0.3, -0.25) is 0 Å². The maximum absolute atomic E-state index is 12.3. The Kier molecular flexibility index (Phi) is 7.43. The molecule has 0 saturated carbocycles. The lowest BCUT2D eigenvalue weighted by molar-refractivity contribution is -0.129. The predicted octanol–water partition coefficient (Wildman–Crippen LogP) is 6.44. The number of esters is 1. The third kappa shape index (κ3) is 6.24. The minimum absolute atomic E-state index is 0.253. The zero-order chi connectivity index (χ0) is 23.0. The van der Waals surface area contributed by atoms with E-state index in [0.717, 1.165) is 41.0 Å². The Balaban J connectivity index is 1.38. The molecule has 0 unspecified atom stereocenters. The molecule has 1 aliphatic rings. The van der Waals surface area contributed by atoms with Gasteiger partial charge >= 0.3 is 5.97 Å². The van der Waals surface area contributed by atoms with Crippen LogP contribution in [0.4, 0.5) is 0 Å². The Labute approximate surface area is 198 Å².